The molecule has 16 nitrogen and oxygen atoms in total. The maximum Gasteiger partial charge on any atom is 0.459 e. The highest BCUT2D eigenvalue weighted by Crippen LogP contribution is 2.55. The minimum absolute atomic E-state index is 0.0103. The van der Waals surface area contributed by atoms with Crippen LogP contribution in [0.4, 0.5) is 0 Å². The lowest BCUT2D eigenvalue weighted by Gasteiger charge is -2.44. The predicted octanol–water partition coefficient (Wildman–Crippen LogP) is 4.42. The quantitative estimate of drug-likeness (QED) is 0.0714. The van der Waals surface area contributed by atoms with Crippen LogP contribution in [0.5, 0.6) is 23.0 Å². The summed E-state index contributed by atoms with van der Waals surface area (Å²) in [5, 5.41) is 36.2. The normalized spacial score (nSPS) is 25.7. The van der Waals surface area contributed by atoms with Crippen LogP contribution in [-0.2, 0) is 39.3 Å². The molecule has 3 aromatic rings. The molecule has 0 aromatic heterocycles. The van der Waals surface area contributed by atoms with Crippen molar-refractivity contribution in [2.45, 2.75) is 96.7 Å². The van der Waals surface area contributed by atoms with Gasteiger partial charge in [0, 0.05) is 34.6 Å². The third-order valence-electron chi connectivity index (χ3n) is 10.4. The summed E-state index contributed by atoms with van der Waals surface area (Å²) >= 11 is 0. The molecule has 1 saturated heterocycles. The van der Waals surface area contributed by atoms with Gasteiger partial charge in [-0.15, -0.1) is 0 Å². The average molecular weight is 811 g/mol. The van der Waals surface area contributed by atoms with Crippen LogP contribution in [0.25, 0.3) is 0 Å². The van der Waals surface area contributed by atoms with E-state index in [0.717, 1.165) is 0 Å². The molecular formula is C40H47N2O14P. The lowest BCUT2D eigenvalue weighted by Crippen LogP contribution is -2.54. The van der Waals surface area contributed by atoms with Crippen LogP contribution < -0.4 is 20.1 Å². The van der Waals surface area contributed by atoms with Gasteiger partial charge in [-0.25, -0.2) is 4.57 Å². The number of aromatic hydroxyl groups is 2. The molecule has 6 N–H and O–H groups in total. The molecule has 1 fully saturated rings. The SMILES string of the molecule is COc1cccc2c1C(=O)c1c(O)c3c(c(O)c1C2=O)CC(C)(C(=O)CO)CC3OC1CC(N)C(OP(=O)(NC(C)C(=O)OC(C)C)Oc2ccccc2)C(C)O1. The zero-order chi connectivity index (χ0) is 41.6. The van der Waals surface area contributed by atoms with Crippen molar-refractivity contribution >= 4 is 31.1 Å². The van der Waals surface area contributed by atoms with E-state index in [1.54, 1.807) is 58.0 Å². The second-order valence-corrected chi connectivity index (χ2v) is 16.7. The first kappa shape index (κ1) is 41.9. The van der Waals surface area contributed by atoms with Crippen molar-refractivity contribution in [2.75, 3.05) is 13.7 Å². The van der Waals surface area contributed by atoms with Crippen molar-refractivity contribution in [3.8, 4) is 23.0 Å². The molecule has 57 heavy (non-hydrogen) atoms. The van der Waals surface area contributed by atoms with E-state index in [1.807, 2.05) is 0 Å². The zero-order valence-corrected chi connectivity index (χ0v) is 33.2. The van der Waals surface area contributed by atoms with E-state index in [-0.39, 0.29) is 53.0 Å². The molecule has 0 spiro atoms. The van der Waals surface area contributed by atoms with Crippen LogP contribution in [0, 0.1) is 5.41 Å². The summed E-state index contributed by atoms with van der Waals surface area (Å²) in [6.45, 7) is 7.10. The second-order valence-electron chi connectivity index (χ2n) is 15.0. The van der Waals surface area contributed by atoms with Crippen molar-refractivity contribution in [1.82, 2.24) is 5.09 Å². The number of nitrogens with one attached hydrogen (secondary N) is 1. The number of hydrogen-bond donors (Lipinski definition) is 5. The standard InChI is InChI=1S/C40H47N2O14P/c1-19(2)52-39(49)20(3)42-57(50,55-22-11-8-7-9-12-22)56-38-21(4)53-29(15-25(38)41)54-27-17-40(5,28(44)18-43)16-24-31(27)37(48)33-32(35(24)46)34(45)23-13-10-14-26(51-6)30(23)36(33)47/h7-14,19-21,25,27,29,38,43,46,48H,15-18,41H2,1-6H3,(H,42,50). The third kappa shape index (κ3) is 8.08. The molecule has 306 valence electrons. The van der Waals surface area contributed by atoms with Crippen LogP contribution in [0.2, 0.25) is 0 Å². The van der Waals surface area contributed by atoms with Crippen LogP contribution in [0.15, 0.2) is 48.5 Å². The zero-order valence-electron chi connectivity index (χ0n) is 32.3. The number of phenols is 2. The van der Waals surface area contributed by atoms with Gasteiger partial charge in [-0.1, -0.05) is 37.3 Å². The molecule has 3 aliphatic rings. The number of para-hydroxylation sites is 1. The number of phenolic OH excluding ortho intramolecular Hbond substituents is 2. The molecule has 1 heterocycles. The molecule has 8 unspecified atom stereocenters. The Bertz CT molecular complexity index is 2110. The van der Waals surface area contributed by atoms with E-state index in [2.05, 4.69) is 5.09 Å². The number of aliphatic hydroxyl groups excluding tert-OH is 1. The summed E-state index contributed by atoms with van der Waals surface area (Å²) in [5.41, 5.74) is 4.24. The smallest absolute Gasteiger partial charge is 0.459 e. The summed E-state index contributed by atoms with van der Waals surface area (Å²) < 4.78 is 49.4. The van der Waals surface area contributed by atoms with E-state index in [9.17, 15) is 39.1 Å². The minimum atomic E-state index is -4.37. The molecule has 6 rings (SSSR count). The van der Waals surface area contributed by atoms with Gasteiger partial charge < -0.3 is 44.5 Å². The summed E-state index contributed by atoms with van der Waals surface area (Å²) in [4.78, 5) is 53.8. The predicted molar refractivity (Wildman–Crippen MR) is 202 cm³/mol. The Labute approximate surface area is 329 Å². The first-order valence-electron chi connectivity index (χ1n) is 18.5. The maximum atomic E-state index is 14.3. The molecule has 17 heteroatoms. The number of carbonyl (C=O) groups is 4. The van der Waals surface area contributed by atoms with Crippen molar-refractivity contribution in [1.29, 1.82) is 0 Å². The maximum absolute atomic E-state index is 14.3. The van der Waals surface area contributed by atoms with Crippen molar-refractivity contribution in [2.24, 2.45) is 11.1 Å². The molecule has 0 bridgehead atoms. The Hall–Kier alpha value is -4.67. The molecule has 2 aliphatic carbocycles. The highest BCUT2D eigenvalue weighted by atomic mass is 31.2. The topological polar surface area (TPSA) is 239 Å². The summed E-state index contributed by atoms with van der Waals surface area (Å²) in [7, 11) is -3.04. The van der Waals surface area contributed by atoms with E-state index in [4.69, 9.17) is 33.7 Å². The number of aliphatic hydroxyl groups is 1. The summed E-state index contributed by atoms with van der Waals surface area (Å²) in [6.07, 6.45) is -5.30. The van der Waals surface area contributed by atoms with Crippen molar-refractivity contribution in [3.05, 3.63) is 81.9 Å². The van der Waals surface area contributed by atoms with Gasteiger partial charge in [0.05, 0.1) is 42.1 Å². The Morgan fingerprint density at radius 1 is 1.02 bits per heavy atom. The third-order valence-corrected chi connectivity index (χ3v) is 12.1. The molecular weight excluding hydrogens is 763 g/mol. The molecule has 1 aliphatic heterocycles. The molecule has 3 aromatic carbocycles. The first-order chi connectivity index (χ1) is 26.9. The van der Waals surface area contributed by atoms with E-state index >= 15 is 0 Å². The van der Waals surface area contributed by atoms with Gasteiger partial charge in [-0.3, -0.25) is 23.7 Å². The number of esters is 1. The molecule has 0 amide bonds. The largest absolute Gasteiger partial charge is 0.507 e. The van der Waals surface area contributed by atoms with Crippen molar-refractivity contribution < 1.29 is 67.1 Å². The number of rotatable bonds is 13. The Morgan fingerprint density at radius 3 is 2.33 bits per heavy atom. The number of methoxy groups -OCH3 is 1. The highest BCUT2D eigenvalue weighted by molar-refractivity contribution is 7.52. The number of carbonyl (C=O) groups excluding carboxylic acids is 4. The van der Waals surface area contributed by atoms with Crippen LogP contribution in [0.3, 0.4) is 0 Å². The van der Waals surface area contributed by atoms with Crippen LogP contribution in [-0.4, -0.2) is 89.0 Å². The number of benzene rings is 3. The summed E-state index contributed by atoms with van der Waals surface area (Å²) in [6, 6.07) is 10.5. The van der Waals surface area contributed by atoms with Crippen LogP contribution in [0.1, 0.15) is 96.5 Å². The fourth-order valence-corrected chi connectivity index (χ4v) is 9.42. The summed E-state index contributed by atoms with van der Waals surface area (Å²) in [5.74, 6) is -3.74. The number of nitrogens with two attached hydrogens (primary N) is 1. The van der Waals surface area contributed by atoms with Gasteiger partial charge >= 0.3 is 13.7 Å². The molecule has 0 radical (unpaired) electrons. The second kappa shape index (κ2) is 16.3. The fraction of sp³-hybridized carbons (Fsp3) is 0.450. The average Bonchev–Trinajstić information content (AvgIpc) is 3.15. The number of fused-ring (bicyclic) bond motifs is 3. The lowest BCUT2D eigenvalue weighted by molar-refractivity contribution is -0.242. The lowest BCUT2D eigenvalue weighted by atomic mass is 9.67. The fourth-order valence-electron chi connectivity index (χ4n) is 7.63. The Morgan fingerprint density at radius 2 is 1.70 bits per heavy atom. The van der Waals surface area contributed by atoms with Gasteiger partial charge in [0.1, 0.15) is 41.8 Å². The van der Waals surface area contributed by atoms with Gasteiger partial charge in [0.25, 0.3) is 0 Å². The number of Topliss-reactive ketones (excluding diaryl/α,β-unsaturated/α-hetero) is 1. The number of ketones is 3. The van der Waals surface area contributed by atoms with E-state index < -0.39 is 109 Å². The van der Waals surface area contributed by atoms with Gasteiger partial charge in [0.15, 0.2) is 17.9 Å². The van der Waals surface area contributed by atoms with Gasteiger partial charge in [-0.2, -0.15) is 5.09 Å². The van der Waals surface area contributed by atoms with Gasteiger partial charge in [-0.05, 0) is 58.7 Å². The molecule has 0 saturated carbocycles. The first-order valence-corrected chi connectivity index (χ1v) is 20.0. The number of hydrogen-bond acceptors (Lipinski definition) is 15. The Balaban J connectivity index is 1.31. The van der Waals surface area contributed by atoms with Crippen LogP contribution >= 0.6 is 7.75 Å². The minimum Gasteiger partial charge on any atom is -0.507 e. The number of ether oxygens (including phenoxy) is 4. The monoisotopic (exact) mass is 810 g/mol. The van der Waals surface area contributed by atoms with Crippen molar-refractivity contribution in [3.63, 3.8) is 0 Å². The van der Waals surface area contributed by atoms with Gasteiger partial charge in [0.2, 0.25) is 5.78 Å². The molecule has 8 atom stereocenters. The Kier molecular flexibility index (Phi) is 12.0. The highest BCUT2D eigenvalue weighted by Gasteiger charge is 2.50. The van der Waals surface area contributed by atoms with E-state index in [1.165, 1.54) is 32.2 Å². The van der Waals surface area contributed by atoms with E-state index in [0.29, 0.717) is 0 Å².